The van der Waals surface area contributed by atoms with Crippen molar-refractivity contribution in [1.29, 1.82) is 0 Å². The zero-order chi connectivity index (χ0) is 23.1. The fourth-order valence-electron chi connectivity index (χ4n) is 3.69. The lowest BCUT2D eigenvalue weighted by Crippen LogP contribution is -2.49. The lowest BCUT2D eigenvalue weighted by Gasteiger charge is -2.34. The summed E-state index contributed by atoms with van der Waals surface area (Å²) in [5, 5.41) is -0.553. The van der Waals surface area contributed by atoms with Crippen molar-refractivity contribution in [1.82, 2.24) is 13.8 Å². The van der Waals surface area contributed by atoms with Crippen LogP contribution in [0, 0.1) is 0 Å². The highest BCUT2D eigenvalue weighted by atomic mass is 35.5. The quantitative estimate of drug-likeness (QED) is 0.550. The van der Waals surface area contributed by atoms with Gasteiger partial charge in [-0.2, -0.15) is 17.5 Å². The predicted octanol–water partition coefficient (Wildman–Crippen LogP) is 3.27. The topological polar surface area (TPSA) is 75.8 Å². The van der Waals surface area contributed by atoms with Gasteiger partial charge in [0.25, 0.3) is 0 Å². The van der Waals surface area contributed by atoms with E-state index in [9.17, 15) is 26.4 Å². The summed E-state index contributed by atoms with van der Waals surface area (Å²) in [6.07, 6.45) is -4.75. The summed E-state index contributed by atoms with van der Waals surface area (Å²) in [6.45, 7) is 1.86. The fourth-order valence-corrected chi connectivity index (χ4v) is 5.37. The van der Waals surface area contributed by atoms with Crippen molar-refractivity contribution in [3.05, 3.63) is 63.6 Å². The van der Waals surface area contributed by atoms with Gasteiger partial charge in [-0.15, -0.1) is 0 Å². The summed E-state index contributed by atoms with van der Waals surface area (Å²) in [5.74, 6) is -0.462. The van der Waals surface area contributed by atoms with E-state index in [1.807, 2.05) is 4.90 Å². The number of halogens is 4. The van der Waals surface area contributed by atoms with E-state index in [2.05, 4.69) is 0 Å². The highest BCUT2D eigenvalue weighted by molar-refractivity contribution is 7.89. The van der Waals surface area contributed by atoms with Crippen molar-refractivity contribution in [2.75, 3.05) is 32.7 Å². The average molecular weight is 490 g/mol. The zero-order valence-corrected chi connectivity index (χ0v) is 18.3. The molecule has 0 saturated carbocycles. The molecule has 4 rings (SSSR count). The van der Waals surface area contributed by atoms with Crippen molar-refractivity contribution >= 4 is 32.7 Å². The molecular formula is C20H19ClF3N3O4S. The molecule has 0 N–H and O–H groups in total. The number of hydrogen-bond donors (Lipinski definition) is 0. The molecule has 0 radical (unpaired) electrons. The van der Waals surface area contributed by atoms with Gasteiger partial charge in [-0.25, -0.2) is 13.2 Å². The number of oxazole rings is 1. The predicted molar refractivity (Wildman–Crippen MR) is 112 cm³/mol. The lowest BCUT2D eigenvalue weighted by atomic mass is 10.2. The van der Waals surface area contributed by atoms with E-state index in [0.717, 1.165) is 16.4 Å². The Morgan fingerprint density at radius 2 is 1.69 bits per heavy atom. The van der Waals surface area contributed by atoms with Crippen LogP contribution in [0.3, 0.4) is 0 Å². The SMILES string of the molecule is O=c1oc2ccccc2n1CCN1CCN(S(=O)(=O)c2ccc(Cl)c(C(F)(F)F)c2)CC1. The minimum atomic E-state index is -4.75. The van der Waals surface area contributed by atoms with Crippen molar-refractivity contribution in [2.24, 2.45) is 0 Å². The summed E-state index contributed by atoms with van der Waals surface area (Å²) in [5.41, 5.74) is -0.00631. The molecule has 0 amide bonds. The molecule has 0 aliphatic carbocycles. The van der Waals surface area contributed by atoms with Crippen molar-refractivity contribution in [2.45, 2.75) is 17.6 Å². The summed E-state index contributed by atoms with van der Waals surface area (Å²) in [4.78, 5) is 13.6. The first-order chi connectivity index (χ1) is 15.1. The minimum absolute atomic E-state index is 0.118. The number of aromatic nitrogens is 1. The van der Waals surface area contributed by atoms with Gasteiger partial charge in [0, 0.05) is 39.3 Å². The minimum Gasteiger partial charge on any atom is -0.408 e. The van der Waals surface area contributed by atoms with E-state index in [1.54, 1.807) is 24.3 Å². The van der Waals surface area contributed by atoms with Crippen LogP contribution in [0.1, 0.15) is 5.56 Å². The Labute approximate surface area is 186 Å². The molecule has 7 nitrogen and oxygen atoms in total. The number of fused-ring (bicyclic) bond motifs is 1. The molecule has 1 aromatic heterocycles. The fraction of sp³-hybridized carbons (Fsp3) is 0.350. The molecule has 12 heteroatoms. The van der Waals surface area contributed by atoms with Gasteiger partial charge in [0.2, 0.25) is 10.0 Å². The van der Waals surface area contributed by atoms with Gasteiger partial charge in [0.15, 0.2) is 5.58 Å². The number of piperazine rings is 1. The van der Waals surface area contributed by atoms with Crippen LogP contribution in [0.15, 0.2) is 56.6 Å². The molecule has 1 aliphatic heterocycles. The number of rotatable bonds is 5. The normalized spacial score (nSPS) is 16.6. The van der Waals surface area contributed by atoms with E-state index in [-0.39, 0.29) is 13.1 Å². The molecule has 1 saturated heterocycles. The lowest BCUT2D eigenvalue weighted by molar-refractivity contribution is -0.137. The van der Waals surface area contributed by atoms with Crippen LogP contribution in [0.2, 0.25) is 5.02 Å². The molecular weight excluding hydrogens is 471 g/mol. The van der Waals surface area contributed by atoms with Crippen molar-refractivity contribution in [3.63, 3.8) is 0 Å². The van der Waals surface area contributed by atoms with Crippen molar-refractivity contribution < 1.29 is 26.0 Å². The number of benzene rings is 2. The van der Waals surface area contributed by atoms with Crippen LogP contribution in [-0.4, -0.2) is 54.9 Å². The first-order valence-corrected chi connectivity index (χ1v) is 11.6. The monoisotopic (exact) mass is 489 g/mol. The maximum atomic E-state index is 13.1. The summed E-state index contributed by atoms with van der Waals surface area (Å²) >= 11 is 5.59. The van der Waals surface area contributed by atoms with Crippen LogP contribution in [0.25, 0.3) is 11.1 Å². The zero-order valence-electron chi connectivity index (χ0n) is 16.7. The Bertz CT molecular complexity index is 1300. The second-order valence-corrected chi connectivity index (χ2v) is 9.72. The molecule has 0 atom stereocenters. The summed E-state index contributed by atoms with van der Waals surface area (Å²) in [6, 6.07) is 9.66. The molecule has 0 spiro atoms. The Hall–Kier alpha value is -2.34. The maximum Gasteiger partial charge on any atom is 0.419 e. The smallest absolute Gasteiger partial charge is 0.408 e. The molecule has 0 unspecified atom stereocenters. The van der Waals surface area contributed by atoms with Crippen LogP contribution in [-0.2, 0) is 22.7 Å². The first kappa shape index (κ1) is 22.8. The molecule has 32 heavy (non-hydrogen) atoms. The molecule has 1 aliphatic rings. The third kappa shape index (κ3) is 4.42. The van der Waals surface area contributed by atoms with Gasteiger partial charge in [-0.3, -0.25) is 9.47 Å². The summed E-state index contributed by atoms with van der Waals surface area (Å²) in [7, 11) is -4.10. The highest BCUT2D eigenvalue weighted by Crippen LogP contribution is 2.36. The largest absolute Gasteiger partial charge is 0.419 e. The number of para-hydroxylation sites is 2. The van der Waals surface area contributed by atoms with Gasteiger partial charge < -0.3 is 4.42 Å². The van der Waals surface area contributed by atoms with Gasteiger partial charge in [0.05, 0.1) is 21.0 Å². The van der Waals surface area contributed by atoms with Gasteiger partial charge in [-0.05, 0) is 30.3 Å². The Morgan fingerprint density at radius 1 is 1.00 bits per heavy atom. The van der Waals surface area contributed by atoms with E-state index >= 15 is 0 Å². The Morgan fingerprint density at radius 3 is 2.38 bits per heavy atom. The standard InChI is InChI=1S/C20H19ClF3N3O4S/c21-16-6-5-14(13-15(16)20(22,23)24)32(29,30)26-10-7-25(8-11-26)9-12-27-17-3-1-2-4-18(17)31-19(27)28/h1-6,13H,7-12H2. The van der Waals surface area contributed by atoms with Gasteiger partial charge >= 0.3 is 11.9 Å². The number of sulfonamides is 1. The number of alkyl halides is 3. The number of nitrogens with zero attached hydrogens (tertiary/aromatic N) is 3. The van der Waals surface area contributed by atoms with Crippen LogP contribution in [0.4, 0.5) is 13.2 Å². The second kappa shape index (κ2) is 8.54. The first-order valence-electron chi connectivity index (χ1n) is 9.75. The molecule has 172 valence electrons. The summed E-state index contributed by atoms with van der Waals surface area (Å²) < 4.78 is 72.9. The van der Waals surface area contributed by atoms with E-state index in [0.29, 0.717) is 43.3 Å². The molecule has 2 heterocycles. The van der Waals surface area contributed by atoms with Crippen molar-refractivity contribution in [3.8, 4) is 0 Å². The average Bonchev–Trinajstić information content (AvgIpc) is 3.07. The van der Waals surface area contributed by atoms with E-state index in [1.165, 1.54) is 4.57 Å². The van der Waals surface area contributed by atoms with Crippen LogP contribution in [0.5, 0.6) is 0 Å². The highest BCUT2D eigenvalue weighted by Gasteiger charge is 2.36. The Balaban J connectivity index is 1.42. The molecule has 2 aromatic carbocycles. The number of hydrogen-bond acceptors (Lipinski definition) is 5. The molecule has 0 bridgehead atoms. The van der Waals surface area contributed by atoms with Crippen LogP contribution < -0.4 is 5.76 Å². The maximum absolute atomic E-state index is 13.1. The van der Waals surface area contributed by atoms with Crippen LogP contribution >= 0.6 is 11.6 Å². The molecule has 3 aromatic rings. The Kier molecular flexibility index (Phi) is 6.10. The van der Waals surface area contributed by atoms with Gasteiger partial charge in [0.1, 0.15) is 0 Å². The van der Waals surface area contributed by atoms with Gasteiger partial charge in [-0.1, -0.05) is 23.7 Å². The molecule has 1 fully saturated rings. The second-order valence-electron chi connectivity index (χ2n) is 7.37. The van der Waals surface area contributed by atoms with E-state index < -0.39 is 37.4 Å². The third-order valence-electron chi connectivity index (χ3n) is 5.43. The van der Waals surface area contributed by atoms with E-state index in [4.69, 9.17) is 16.0 Å². The third-order valence-corrected chi connectivity index (χ3v) is 7.65.